The lowest BCUT2D eigenvalue weighted by molar-refractivity contribution is 0.0882. The molecule has 0 radical (unpaired) electrons. The Bertz CT molecular complexity index is 724. The maximum atomic E-state index is 13.9. The van der Waals surface area contributed by atoms with E-state index in [1.165, 1.54) is 6.07 Å². The summed E-state index contributed by atoms with van der Waals surface area (Å²) in [5, 5.41) is 3.28. The average Bonchev–Trinajstić information content (AvgIpc) is 2.55. The summed E-state index contributed by atoms with van der Waals surface area (Å²) in [5.41, 5.74) is 6.30. The van der Waals surface area contributed by atoms with Crippen LogP contribution in [0.1, 0.15) is 24.8 Å². The summed E-state index contributed by atoms with van der Waals surface area (Å²) in [4.78, 5) is 18.1. The number of piperidine rings is 1. The molecule has 0 atom stereocenters. The number of hydrogen-bond acceptors (Lipinski definition) is 5. The molecular weight excluding hydrogens is 347 g/mol. The Kier molecular flexibility index (Phi) is 5.75. The van der Waals surface area contributed by atoms with E-state index in [9.17, 15) is 9.18 Å². The molecule has 6 nitrogen and oxygen atoms in total. The lowest BCUT2D eigenvalue weighted by atomic mass is 9.94. The molecule has 3 rings (SSSR count). The SMILES string of the molecule is C#CCCOC(=O)N1CCC2(CC1)N=C(N)c1c(F)cccc1N2.Cl. The number of hydrogen-bond donors (Lipinski definition) is 2. The molecule has 2 heterocycles. The molecule has 1 aromatic rings. The van der Waals surface area contributed by atoms with E-state index in [1.807, 2.05) is 0 Å². The zero-order chi connectivity index (χ0) is 17.2. The molecule has 1 amide bonds. The van der Waals surface area contributed by atoms with Crippen molar-refractivity contribution in [3.8, 4) is 12.3 Å². The molecule has 25 heavy (non-hydrogen) atoms. The number of carbonyl (C=O) groups excluding carboxylic acids is 1. The van der Waals surface area contributed by atoms with Gasteiger partial charge < -0.3 is 20.7 Å². The van der Waals surface area contributed by atoms with Crippen molar-refractivity contribution in [2.75, 3.05) is 25.0 Å². The van der Waals surface area contributed by atoms with Crippen molar-refractivity contribution in [3.05, 3.63) is 29.6 Å². The number of likely N-dealkylation sites (tertiary alicyclic amines) is 1. The van der Waals surface area contributed by atoms with E-state index in [1.54, 1.807) is 17.0 Å². The molecule has 1 aromatic carbocycles. The first-order chi connectivity index (χ1) is 11.5. The van der Waals surface area contributed by atoms with Crippen LogP contribution in [0.25, 0.3) is 0 Å². The predicted octanol–water partition coefficient (Wildman–Crippen LogP) is 2.33. The van der Waals surface area contributed by atoms with E-state index in [0.717, 1.165) is 0 Å². The lowest BCUT2D eigenvalue weighted by Crippen LogP contribution is -2.52. The van der Waals surface area contributed by atoms with Gasteiger partial charge in [-0.3, -0.25) is 0 Å². The second-order valence-corrected chi connectivity index (χ2v) is 5.87. The van der Waals surface area contributed by atoms with Crippen molar-refractivity contribution in [2.24, 2.45) is 10.7 Å². The van der Waals surface area contributed by atoms with E-state index in [2.05, 4.69) is 16.2 Å². The number of benzene rings is 1. The van der Waals surface area contributed by atoms with Crippen LogP contribution in [-0.2, 0) is 4.74 Å². The van der Waals surface area contributed by atoms with Crippen molar-refractivity contribution in [1.29, 1.82) is 0 Å². The third kappa shape index (κ3) is 3.80. The molecule has 0 bridgehead atoms. The van der Waals surface area contributed by atoms with Crippen molar-refractivity contribution in [2.45, 2.75) is 24.9 Å². The van der Waals surface area contributed by atoms with Crippen LogP contribution in [0.5, 0.6) is 0 Å². The van der Waals surface area contributed by atoms with E-state index in [4.69, 9.17) is 16.9 Å². The Balaban J connectivity index is 0.00000225. The Morgan fingerprint density at radius 1 is 1.48 bits per heavy atom. The van der Waals surface area contributed by atoms with Gasteiger partial charge in [0, 0.05) is 38.0 Å². The maximum Gasteiger partial charge on any atom is 0.409 e. The van der Waals surface area contributed by atoms with E-state index in [0.29, 0.717) is 43.6 Å². The molecule has 3 N–H and O–H groups in total. The summed E-state index contributed by atoms with van der Waals surface area (Å²) in [6, 6.07) is 4.77. The molecule has 2 aliphatic heterocycles. The van der Waals surface area contributed by atoms with Crippen molar-refractivity contribution < 1.29 is 13.9 Å². The average molecular weight is 367 g/mol. The molecule has 0 saturated carbocycles. The molecule has 0 aliphatic carbocycles. The number of nitrogens with one attached hydrogen (secondary N) is 1. The largest absolute Gasteiger partial charge is 0.448 e. The summed E-state index contributed by atoms with van der Waals surface area (Å²) < 4.78 is 19.0. The van der Waals surface area contributed by atoms with E-state index < -0.39 is 11.5 Å². The highest BCUT2D eigenvalue weighted by molar-refractivity contribution is 6.04. The zero-order valence-corrected chi connectivity index (χ0v) is 14.4. The molecular formula is C17H20ClFN4O2. The van der Waals surface area contributed by atoms with Gasteiger partial charge in [-0.25, -0.2) is 14.2 Å². The van der Waals surface area contributed by atoms with Gasteiger partial charge in [0.2, 0.25) is 0 Å². The van der Waals surface area contributed by atoms with Crippen molar-refractivity contribution in [1.82, 2.24) is 4.90 Å². The van der Waals surface area contributed by atoms with Gasteiger partial charge in [-0.05, 0) is 12.1 Å². The standard InChI is InChI=1S/C17H19FN4O2.ClH/c1-2-3-11-24-16(23)22-9-7-17(8-10-22)20-13-6-4-5-12(18)14(13)15(19)21-17;/h1,4-6,20H,3,7-11H2,(H2,19,21);1H. The van der Waals surface area contributed by atoms with Gasteiger partial charge in [0.15, 0.2) is 0 Å². The Labute approximate surface area is 152 Å². The fraction of sp³-hybridized carbons (Fsp3) is 0.412. The van der Waals surface area contributed by atoms with Crippen LogP contribution in [0.3, 0.4) is 0 Å². The van der Waals surface area contributed by atoms with E-state index in [-0.39, 0.29) is 30.9 Å². The maximum absolute atomic E-state index is 13.9. The first-order valence-corrected chi connectivity index (χ1v) is 7.82. The smallest absolute Gasteiger partial charge is 0.409 e. The normalized spacial score (nSPS) is 17.4. The topological polar surface area (TPSA) is 80.0 Å². The van der Waals surface area contributed by atoms with Gasteiger partial charge in [-0.2, -0.15) is 0 Å². The molecule has 1 fully saturated rings. The van der Waals surface area contributed by atoms with Crippen LogP contribution >= 0.6 is 12.4 Å². The quantitative estimate of drug-likeness (QED) is 0.622. The molecule has 1 spiro atoms. The highest BCUT2D eigenvalue weighted by Gasteiger charge is 2.39. The van der Waals surface area contributed by atoms with Crippen molar-refractivity contribution >= 4 is 30.0 Å². The van der Waals surface area contributed by atoms with Crippen LogP contribution in [0.4, 0.5) is 14.9 Å². The third-order valence-corrected chi connectivity index (χ3v) is 4.29. The first kappa shape index (κ1) is 18.9. The predicted molar refractivity (Wildman–Crippen MR) is 96.3 cm³/mol. The minimum Gasteiger partial charge on any atom is -0.448 e. The van der Waals surface area contributed by atoms with Crippen LogP contribution in [0.2, 0.25) is 0 Å². The summed E-state index contributed by atoms with van der Waals surface area (Å²) in [6.07, 6.45) is 6.28. The lowest BCUT2D eigenvalue weighted by Gasteiger charge is -2.42. The molecule has 2 aliphatic rings. The fourth-order valence-corrected chi connectivity index (χ4v) is 3.04. The number of amidine groups is 1. The van der Waals surface area contributed by atoms with Crippen LogP contribution in [0.15, 0.2) is 23.2 Å². The molecule has 1 saturated heterocycles. The fourth-order valence-electron chi connectivity index (χ4n) is 3.04. The summed E-state index contributed by atoms with van der Waals surface area (Å²) in [6.45, 7) is 1.17. The van der Waals surface area contributed by atoms with Crippen LogP contribution in [-0.4, -0.2) is 42.2 Å². The number of nitrogens with two attached hydrogens (primary N) is 1. The van der Waals surface area contributed by atoms with Gasteiger partial charge in [0.1, 0.15) is 23.9 Å². The number of terminal acetylenes is 1. The van der Waals surface area contributed by atoms with Crippen LogP contribution < -0.4 is 11.1 Å². The number of rotatable bonds is 2. The van der Waals surface area contributed by atoms with Crippen LogP contribution in [0, 0.1) is 18.2 Å². The summed E-state index contributed by atoms with van der Waals surface area (Å²) >= 11 is 0. The Hall–Kier alpha value is -2.46. The summed E-state index contributed by atoms with van der Waals surface area (Å²) in [7, 11) is 0. The second kappa shape index (κ2) is 7.62. The first-order valence-electron chi connectivity index (χ1n) is 7.82. The molecule has 134 valence electrons. The van der Waals surface area contributed by atoms with Gasteiger partial charge in [-0.15, -0.1) is 24.8 Å². The number of nitrogens with zero attached hydrogens (tertiary/aromatic N) is 2. The second-order valence-electron chi connectivity index (χ2n) is 5.87. The zero-order valence-electron chi connectivity index (χ0n) is 13.6. The Morgan fingerprint density at radius 3 is 2.88 bits per heavy atom. The van der Waals surface area contributed by atoms with Gasteiger partial charge in [-0.1, -0.05) is 6.07 Å². The number of anilines is 1. The van der Waals surface area contributed by atoms with Gasteiger partial charge in [0.05, 0.1) is 5.56 Å². The highest BCUT2D eigenvalue weighted by atomic mass is 35.5. The minimum absolute atomic E-state index is 0. The molecule has 0 aromatic heterocycles. The number of aliphatic imine (C=N–C) groups is 1. The number of fused-ring (bicyclic) bond motifs is 1. The Morgan fingerprint density at radius 2 is 2.20 bits per heavy atom. The minimum atomic E-state index is -0.611. The number of halogens is 2. The number of ether oxygens (including phenoxy) is 1. The van der Waals surface area contributed by atoms with Gasteiger partial charge >= 0.3 is 6.09 Å². The van der Waals surface area contributed by atoms with Gasteiger partial charge in [0.25, 0.3) is 0 Å². The molecule has 0 unspecified atom stereocenters. The van der Waals surface area contributed by atoms with E-state index >= 15 is 0 Å². The number of carbonyl (C=O) groups is 1. The third-order valence-electron chi connectivity index (χ3n) is 4.29. The van der Waals surface area contributed by atoms with Crippen molar-refractivity contribution in [3.63, 3.8) is 0 Å². The number of amides is 1. The molecule has 8 heteroatoms. The monoisotopic (exact) mass is 366 g/mol. The highest BCUT2D eigenvalue weighted by Crippen LogP contribution is 2.35. The summed E-state index contributed by atoms with van der Waals surface area (Å²) in [5.74, 6) is 2.21.